The highest BCUT2D eigenvalue weighted by Gasteiger charge is 2.00. The molecule has 0 saturated carbocycles. The predicted octanol–water partition coefficient (Wildman–Crippen LogP) is 2.33. The van der Waals surface area contributed by atoms with Crippen molar-refractivity contribution in [3.63, 3.8) is 0 Å². The number of benzene rings is 1. The average molecular weight is 217 g/mol. The molecule has 1 atom stereocenters. The maximum absolute atomic E-state index is 9.15. The Balaban J connectivity index is 2.27. The monoisotopic (exact) mass is 217 g/mol. The van der Waals surface area contributed by atoms with Crippen molar-refractivity contribution < 1.29 is 5.11 Å². The summed E-state index contributed by atoms with van der Waals surface area (Å²) in [7, 11) is 0. The van der Waals surface area contributed by atoms with Gasteiger partial charge in [0.15, 0.2) is 0 Å². The highest BCUT2D eigenvalue weighted by molar-refractivity contribution is 5.25. The summed E-state index contributed by atoms with van der Waals surface area (Å²) in [5, 5.41) is 12.5. The van der Waals surface area contributed by atoms with Crippen LogP contribution in [-0.4, -0.2) is 17.7 Å². The second-order valence-corrected chi connectivity index (χ2v) is 3.91. The highest BCUT2D eigenvalue weighted by atomic mass is 16.3. The minimum atomic E-state index is 0.327. The molecular weight excluding hydrogens is 198 g/mol. The van der Waals surface area contributed by atoms with Crippen LogP contribution in [0.2, 0.25) is 0 Å². The molecule has 0 aliphatic carbocycles. The van der Waals surface area contributed by atoms with E-state index in [2.05, 4.69) is 24.1 Å². The van der Waals surface area contributed by atoms with E-state index in [9.17, 15) is 0 Å². The maximum Gasteiger partial charge on any atom is 0.115 e. The van der Waals surface area contributed by atoms with Crippen LogP contribution < -0.4 is 5.32 Å². The number of phenols is 1. The third kappa shape index (κ3) is 4.86. The molecule has 0 bridgehead atoms. The van der Waals surface area contributed by atoms with E-state index in [1.807, 2.05) is 19.1 Å². The SMILES string of the molecule is CC#CCNC(C)CCc1ccc(O)cc1. The van der Waals surface area contributed by atoms with E-state index in [0.717, 1.165) is 19.4 Å². The number of aryl methyl sites for hydroxylation is 1. The summed E-state index contributed by atoms with van der Waals surface area (Å²) < 4.78 is 0. The summed E-state index contributed by atoms with van der Waals surface area (Å²) in [5.41, 5.74) is 1.26. The van der Waals surface area contributed by atoms with Crippen LogP contribution in [-0.2, 0) is 6.42 Å². The Labute approximate surface area is 97.7 Å². The van der Waals surface area contributed by atoms with Gasteiger partial charge in [-0.15, -0.1) is 5.92 Å². The van der Waals surface area contributed by atoms with Crippen molar-refractivity contribution in [3.8, 4) is 17.6 Å². The molecule has 2 N–H and O–H groups in total. The lowest BCUT2D eigenvalue weighted by atomic mass is 10.1. The first kappa shape index (κ1) is 12.6. The van der Waals surface area contributed by atoms with E-state index in [1.165, 1.54) is 5.56 Å². The normalized spacial score (nSPS) is 11.6. The van der Waals surface area contributed by atoms with Crippen LogP contribution in [0.1, 0.15) is 25.8 Å². The van der Waals surface area contributed by atoms with Gasteiger partial charge in [-0.1, -0.05) is 18.1 Å². The number of rotatable bonds is 5. The lowest BCUT2D eigenvalue weighted by Gasteiger charge is -2.11. The molecule has 16 heavy (non-hydrogen) atoms. The third-order valence-electron chi connectivity index (χ3n) is 2.52. The van der Waals surface area contributed by atoms with Crippen molar-refractivity contribution in [3.05, 3.63) is 29.8 Å². The van der Waals surface area contributed by atoms with Gasteiger partial charge in [0, 0.05) is 6.04 Å². The number of hydrogen-bond donors (Lipinski definition) is 2. The zero-order valence-corrected chi connectivity index (χ0v) is 9.96. The van der Waals surface area contributed by atoms with Crippen LogP contribution in [0, 0.1) is 11.8 Å². The Morgan fingerprint density at radius 3 is 2.62 bits per heavy atom. The van der Waals surface area contributed by atoms with Crippen molar-refractivity contribution >= 4 is 0 Å². The Kier molecular flexibility index (Phi) is 5.45. The minimum absolute atomic E-state index is 0.327. The molecule has 1 aromatic rings. The van der Waals surface area contributed by atoms with Gasteiger partial charge >= 0.3 is 0 Å². The second kappa shape index (κ2) is 6.92. The quantitative estimate of drug-likeness (QED) is 0.742. The zero-order chi connectivity index (χ0) is 11.8. The Hall–Kier alpha value is -1.46. The molecule has 0 radical (unpaired) electrons. The van der Waals surface area contributed by atoms with Crippen molar-refractivity contribution in [2.75, 3.05) is 6.54 Å². The molecule has 2 nitrogen and oxygen atoms in total. The fourth-order valence-electron chi connectivity index (χ4n) is 1.46. The zero-order valence-electron chi connectivity index (χ0n) is 9.96. The molecule has 2 heteroatoms. The fourth-order valence-corrected chi connectivity index (χ4v) is 1.46. The molecule has 86 valence electrons. The predicted molar refractivity (Wildman–Crippen MR) is 67.3 cm³/mol. The van der Waals surface area contributed by atoms with Crippen LogP contribution in [0.4, 0.5) is 0 Å². The summed E-state index contributed by atoms with van der Waals surface area (Å²) in [6.45, 7) is 4.77. The minimum Gasteiger partial charge on any atom is -0.508 e. The molecule has 0 aliphatic rings. The fraction of sp³-hybridized carbons (Fsp3) is 0.429. The third-order valence-corrected chi connectivity index (χ3v) is 2.52. The molecule has 1 rings (SSSR count). The van der Waals surface area contributed by atoms with Crippen molar-refractivity contribution in [2.24, 2.45) is 0 Å². The first-order valence-electron chi connectivity index (χ1n) is 5.63. The number of phenolic OH excluding ortho intramolecular Hbond substituents is 1. The van der Waals surface area contributed by atoms with E-state index in [0.29, 0.717) is 11.8 Å². The first-order valence-corrected chi connectivity index (χ1v) is 5.63. The summed E-state index contributed by atoms with van der Waals surface area (Å²) in [5.74, 6) is 6.18. The Morgan fingerprint density at radius 2 is 2.00 bits per heavy atom. The molecule has 0 aliphatic heterocycles. The van der Waals surface area contributed by atoms with Crippen LogP contribution >= 0.6 is 0 Å². The lowest BCUT2D eigenvalue weighted by Crippen LogP contribution is -2.26. The van der Waals surface area contributed by atoms with Gasteiger partial charge in [-0.25, -0.2) is 0 Å². The molecule has 0 aromatic heterocycles. The number of aromatic hydroxyl groups is 1. The van der Waals surface area contributed by atoms with Gasteiger partial charge in [0.25, 0.3) is 0 Å². The Morgan fingerprint density at radius 1 is 1.31 bits per heavy atom. The molecule has 0 spiro atoms. The van der Waals surface area contributed by atoms with Crippen LogP contribution in [0.3, 0.4) is 0 Å². The summed E-state index contributed by atoms with van der Waals surface area (Å²) in [6, 6.07) is 7.86. The summed E-state index contributed by atoms with van der Waals surface area (Å²) >= 11 is 0. The average Bonchev–Trinajstić information content (AvgIpc) is 2.29. The van der Waals surface area contributed by atoms with Gasteiger partial charge in [0.2, 0.25) is 0 Å². The number of nitrogens with one attached hydrogen (secondary N) is 1. The van der Waals surface area contributed by atoms with Crippen LogP contribution in [0.25, 0.3) is 0 Å². The van der Waals surface area contributed by atoms with E-state index < -0.39 is 0 Å². The highest BCUT2D eigenvalue weighted by Crippen LogP contribution is 2.11. The molecule has 1 unspecified atom stereocenters. The van der Waals surface area contributed by atoms with Gasteiger partial charge in [-0.2, -0.15) is 0 Å². The van der Waals surface area contributed by atoms with E-state index >= 15 is 0 Å². The molecular formula is C14H19NO. The number of hydrogen-bond acceptors (Lipinski definition) is 2. The smallest absolute Gasteiger partial charge is 0.115 e. The lowest BCUT2D eigenvalue weighted by molar-refractivity contribution is 0.475. The van der Waals surface area contributed by atoms with Gasteiger partial charge in [0.05, 0.1) is 6.54 Å². The van der Waals surface area contributed by atoms with Gasteiger partial charge in [-0.05, 0) is 44.4 Å². The van der Waals surface area contributed by atoms with Gasteiger partial charge in [-0.3, -0.25) is 0 Å². The maximum atomic E-state index is 9.15. The van der Waals surface area contributed by atoms with E-state index in [4.69, 9.17) is 5.11 Å². The second-order valence-electron chi connectivity index (χ2n) is 3.91. The molecule has 0 saturated heterocycles. The first-order chi connectivity index (χ1) is 7.72. The van der Waals surface area contributed by atoms with Crippen LogP contribution in [0.15, 0.2) is 24.3 Å². The largest absolute Gasteiger partial charge is 0.508 e. The molecule has 0 amide bonds. The summed E-state index contributed by atoms with van der Waals surface area (Å²) in [6.07, 6.45) is 2.10. The molecule has 0 fully saturated rings. The Bertz CT molecular complexity index is 359. The van der Waals surface area contributed by atoms with Gasteiger partial charge < -0.3 is 10.4 Å². The summed E-state index contributed by atoms with van der Waals surface area (Å²) in [4.78, 5) is 0. The van der Waals surface area contributed by atoms with E-state index in [-0.39, 0.29) is 0 Å². The van der Waals surface area contributed by atoms with Crippen molar-refractivity contribution in [1.29, 1.82) is 0 Å². The van der Waals surface area contributed by atoms with Crippen LogP contribution in [0.5, 0.6) is 5.75 Å². The van der Waals surface area contributed by atoms with Crippen molar-refractivity contribution in [1.82, 2.24) is 5.32 Å². The molecule has 0 heterocycles. The van der Waals surface area contributed by atoms with E-state index in [1.54, 1.807) is 12.1 Å². The molecule has 1 aromatic carbocycles. The topological polar surface area (TPSA) is 32.3 Å². The van der Waals surface area contributed by atoms with Crippen molar-refractivity contribution in [2.45, 2.75) is 32.7 Å². The standard InChI is InChI=1S/C14H19NO/c1-3-4-11-15-12(2)5-6-13-7-9-14(16)10-8-13/h7-10,12,15-16H,5-6,11H2,1-2H3. The van der Waals surface area contributed by atoms with Gasteiger partial charge in [0.1, 0.15) is 5.75 Å².